The van der Waals surface area contributed by atoms with Gasteiger partial charge in [0.2, 0.25) is 5.91 Å². The molecule has 5 heteroatoms. The van der Waals surface area contributed by atoms with Crippen LogP contribution in [0.3, 0.4) is 0 Å². The Kier molecular flexibility index (Phi) is 5.67. The molecule has 1 amide bonds. The molecule has 4 aliphatic rings. The van der Waals surface area contributed by atoms with Crippen molar-refractivity contribution < 1.29 is 19.4 Å². The zero-order valence-corrected chi connectivity index (χ0v) is 22.6. The molecule has 1 heterocycles. The third-order valence-electron chi connectivity index (χ3n) is 10.1. The standard InChI is InChI=1S/C33H35NO4/c1-20-15-24(16-21(2)22(20)3)32-14-13-27(25-10-6-7-11-26(25)32)33(31(36)37)19-34(18-29(32)33)30(35)17-23-9-5-8-12-28(23)38-4/h5-12,15-16,27,29H,13-14,17-19H2,1-4H3,(H,36,37). The van der Waals surface area contributed by atoms with Crippen molar-refractivity contribution in [2.75, 3.05) is 20.2 Å². The minimum Gasteiger partial charge on any atom is -0.496 e. The van der Waals surface area contributed by atoms with Gasteiger partial charge in [-0.15, -0.1) is 0 Å². The molecule has 4 atom stereocenters. The van der Waals surface area contributed by atoms with Crippen molar-refractivity contribution in [3.8, 4) is 5.75 Å². The molecule has 38 heavy (non-hydrogen) atoms. The number of nitrogens with zero attached hydrogens (tertiary/aromatic N) is 1. The number of hydrogen-bond donors (Lipinski definition) is 1. The molecule has 2 fully saturated rings. The maximum absolute atomic E-state index is 13.8. The molecule has 1 saturated heterocycles. The molecule has 1 aliphatic heterocycles. The summed E-state index contributed by atoms with van der Waals surface area (Å²) in [4.78, 5) is 29.0. The Morgan fingerprint density at radius 3 is 2.42 bits per heavy atom. The van der Waals surface area contributed by atoms with Crippen molar-refractivity contribution in [1.29, 1.82) is 0 Å². The third-order valence-corrected chi connectivity index (χ3v) is 10.1. The number of hydrogen-bond acceptors (Lipinski definition) is 3. The van der Waals surface area contributed by atoms with Gasteiger partial charge in [0.15, 0.2) is 0 Å². The number of carboxylic acids is 1. The van der Waals surface area contributed by atoms with Gasteiger partial charge in [-0.25, -0.2) is 0 Å². The first kappa shape index (κ1) is 24.7. The lowest BCUT2D eigenvalue weighted by atomic mass is 9.42. The predicted molar refractivity (Wildman–Crippen MR) is 147 cm³/mol. The predicted octanol–water partition coefficient (Wildman–Crippen LogP) is 5.57. The monoisotopic (exact) mass is 509 g/mol. The molecule has 196 valence electrons. The largest absolute Gasteiger partial charge is 0.496 e. The van der Waals surface area contributed by atoms with Crippen molar-refractivity contribution >= 4 is 11.9 Å². The molecule has 0 spiro atoms. The molecule has 1 N–H and O–H groups in total. The average molecular weight is 510 g/mol. The fraction of sp³-hybridized carbons (Fsp3) is 0.394. The van der Waals surface area contributed by atoms with Crippen LogP contribution in [0.2, 0.25) is 0 Å². The zero-order valence-electron chi connectivity index (χ0n) is 22.6. The summed E-state index contributed by atoms with van der Waals surface area (Å²) in [5.74, 6) is -0.456. The molecular formula is C33H35NO4. The first-order valence-corrected chi connectivity index (χ1v) is 13.5. The minimum atomic E-state index is -1.02. The van der Waals surface area contributed by atoms with E-state index in [0.717, 1.165) is 24.0 Å². The third kappa shape index (κ3) is 3.23. The molecule has 0 aromatic heterocycles. The zero-order chi connectivity index (χ0) is 26.8. The Labute approximate surface area is 224 Å². The molecule has 1 saturated carbocycles. The molecule has 3 aromatic rings. The van der Waals surface area contributed by atoms with E-state index in [9.17, 15) is 14.7 Å². The van der Waals surface area contributed by atoms with Gasteiger partial charge in [-0.1, -0.05) is 54.6 Å². The van der Waals surface area contributed by atoms with E-state index in [2.05, 4.69) is 51.1 Å². The van der Waals surface area contributed by atoms with Crippen LogP contribution >= 0.6 is 0 Å². The number of carbonyl (C=O) groups is 2. The number of rotatable bonds is 5. The second kappa shape index (κ2) is 8.72. The van der Waals surface area contributed by atoms with E-state index in [1.165, 1.54) is 27.8 Å². The summed E-state index contributed by atoms with van der Waals surface area (Å²) < 4.78 is 5.49. The summed E-state index contributed by atoms with van der Waals surface area (Å²) >= 11 is 0. The summed E-state index contributed by atoms with van der Waals surface area (Å²) in [5, 5.41) is 11.0. The van der Waals surface area contributed by atoms with Crippen LogP contribution in [0.1, 0.15) is 57.7 Å². The van der Waals surface area contributed by atoms with Crippen molar-refractivity contribution in [1.82, 2.24) is 4.90 Å². The highest BCUT2D eigenvalue weighted by Crippen LogP contribution is 2.69. The van der Waals surface area contributed by atoms with Crippen molar-refractivity contribution in [2.24, 2.45) is 11.3 Å². The van der Waals surface area contributed by atoms with E-state index in [1.807, 2.05) is 35.2 Å². The van der Waals surface area contributed by atoms with E-state index < -0.39 is 16.8 Å². The first-order chi connectivity index (χ1) is 18.2. The molecule has 2 bridgehead atoms. The number of carbonyl (C=O) groups excluding carboxylic acids is 1. The highest BCUT2D eigenvalue weighted by molar-refractivity contribution is 5.85. The Morgan fingerprint density at radius 2 is 1.71 bits per heavy atom. The van der Waals surface area contributed by atoms with Gasteiger partial charge in [0.05, 0.1) is 18.9 Å². The smallest absolute Gasteiger partial charge is 0.312 e. The molecule has 4 unspecified atom stereocenters. The maximum Gasteiger partial charge on any atom is 0.312 e. The lowest BCUT2D eigenvalue weighted by molar-refractivity contribution is -0.157. The van der Waals surface area contributed by atoms with Gasteiger partial charge in [0.1, 0.15) is 5.75 Å². The minimum absolute atomic E-state index is 0.0422. The van der Waals surface area contributed by atoms with Gasteiger partial charge in [0.25, 0.3) is 0 Å². The van der Waals surface area contributed by atoms with Gasteiger partial charge in [-0.3, -0.25) is 9.59 Å². The molecule has 0 radical (unpaired) electrons. The van der Waals surface area contributed by atoms with Crippen molar-refractivity contribution in [3.05, 3.63) is 99.6 Å². The quantitative estimate of drug-likeness (QED) is 0.488. The second-order valence-corrected chi connectivity index (χ2v) is 11.5. The number of aryl methyl sites for hydroxylation is 2. The number of aliphatic carboxylic acids is 1. The Bertz CT molecular complexity index is 1440. The van der Waals surface area contributed by atoms with Crippen LogP contribution in [0.4, 0.5) is 0 Å². The Morgan fingerprint density at radius 1 is 1.03 bits per heavy atom. The summed E-state index contributed by atoms with van der Waals surface area (Å²) in [6, 6.07) is 20.6. The second-order valence-electron chi connectivity index (χ2n) is 11.5. The highest BCUT2D eigenvalue weighted by Gasteiger charge is 2.70. The fourth-order valence-electron chi connectivity index (χ4n) is 8.06. The molecule has 3 aliphatic carbocycles. The first-order valence-electron chi connectivity index (χ1n) is 13.5. The number of carboxylic acid groups (broad SMARTS) is 1. The van der Waals surface area contributed by atoms with Crippen LogP contribution in [-0.2, 0) is 21.4 Å². The number of para-hydroxylation sites is 1. The molecule has 7 rings (SSSR count). The summed E-state index contributed by atoms with van der Waals surface area (Å²) in [7, 11) is 1.61. The van der Waals surface area contributed by atoms with Crippen molar-refractivity contribution in [2.45, 2.75) is 51.4 Å². The lowest BCUT2D eigenvalue weighted by Crippen LogP contribution is -2.60. The normalized spacial score (nSPS) is 27.1. The van der Waals surface area contributed by atoms with Crippen LogP contribution < -0.4 is 4.74 Å². The fourth-order valence-corrected chi connectivity index (χ4v) is 8.06. The molecular weight excluding hydrogens is 474 g/mol. The van der Waals surface area contributed by atoms with Crippen LogP contribution in [0.25, 0.3) is 0 Å². The van der Waals surface area contributed by atoms with Crippen LogP contribution in [-0.4, -0.2) is 42.1 Å². The van der Waals surface area contributed by atoms with E-state index >= 15 is 0 Å². The number of ether oxygens (including phenoxy) is 1. The van der Waals surface area contributed by atoms with Gasteiger partial charge in [-0.2, -0.15) is 0 Å². The maximum atomic E-state index is 13.8. The summed E-state index contributed by atoms with van der Waals surface area (Å²) in [6.07, 6.45) is 1.89. The van der Waals surface area contributed by atoms with Gasteiger partial charge in [0, 0.05) is 35.9 Å². The average Bonchev–Trinajstić information content (AvgIpc) is 3.36. The number of fused-ring (bicyclic) bond motifs is 1. The Balaban J connectivity index is 1.50. The summed E-state index contributed by atoms with van der Waals surface area (Å²) in [6.45, 7) is 7.12. The van der Waals surface area contributed by atoms with Gasteiger partial charge < -0.3 is 14.7 Å². The lowest BCUT2D eigenvalue weighted by Gasteiger charge is -2.59. The number of amides is 1. The summed E-state index contributed by atoms with van der Waals surface area (Å²) in [5.41, 5.74) is 6.66. The highest BCUT2D eigenvalue weighted by atomic mass is 16.5. The SMILES string of the molecule is COc1ccccc1CC(=O)N1CC2C3(c4cc(C)c(C)c(C)c4)CCC(c4ccccc43)C2(C(=O)O)C1. The van der Waals surface area contributed by atoms with E-state index in [1.54, 1.807) is 7.11 Å². The van der Waals surface area contributed by atoms with Gasteiger partial charge in [-0.05, 0) is 73.1 Å². The van der Waals surface area contributed by atoms with Crippen LogP contribution in [0, 0.1) is 32.1 Å². The van der Waals surface area contributed by atoms with Crippen LogP contribution in [0.5, 0.6) is 5.75 Å². The van der Waals surface area contributed by atoms with E-state index in [4.69, 9.17) is 4.74 Å². The molecule has 5 nitrogen and oxygen atoms in total. The number of likely N-dealkylation sites (tertiary alicyclic amines) is 1. The van der Waals surface area contributed by atoms with Crippen LogP contribution in [0.15, 0.2) is 60.7 Å². The Hall–Kier alpha value is -3.60. The van der Waals surface area contributed by atoms with E-state index in [-0.39, 0.29) is 30.7 Å². The van der Waals surface area contributed by atoms with Gasteiger partial charge >= 0.3 is 5.97 Å². The topological polar surface area (TPSA) is 66.8 Å². The van der Waals surface area contributed by atoms with Crippen molar-refractivity contribution in [3.63, 3.8) is 0 Å². The van der Waals surface area contributed by atoms with E-state index in [0.29, 0.717) is 12.3 Å². The molecule has 3 aromatic carbocycles. The number of methoxy groups -OCH3 is 1. The number of benzene rings is 3.